The molecule has 2 heterocycles. The van der Waals surface area contributed by atoms with Crippen LogP contribution < -0.4 is 14.8 Å². The standard InChI is InChI=1S/C33H39N3OS2.CHF3O3S/c1-4-6-8-14-20-35-26-16-10-12-18-28(26)38-30(35)22-24-32(34-3)25(33(24)37)23-31-36(21-15-9-7-5-2)27-17-11-13-19-29(27)39-31;2-1(3,4)8(5,6)7/h10-13,16-19,22-23H,4-9,14-15,20-21H2,1-3H3;(H,5,6,7). The highest BCUT2D eigenvalue weighted by molar-refractivity contribution is 8.03. The number of thioether (sulfide) groups is 1. The quantitative estimate of drug-likeness (QED) is 0.0628. The van der Waals surface area contributed by atoms with Crippen molar-refractivity contribution in [2.24, 2.45) is 0 Å². The van der Waals surface area contributed by atoms with Gasteiger partial charge in [0.2, 0.25) is 5.52 Å². The lowest BCUT2D eigenvalue weighted by Crippen LogP contribution is -2.36. The highest BCUT2D eigenvalue weighted by Gasteiger charge is 2.37. The number of unbranched alkanes of at least 4 members (excludes halogenated alkanes) is 6. The van der Waals surface area contributed by atoms with Crippen LogP contribution in [-0.4, -0.2) is 37.9 Å². The normalized spacial score (nSPS) is 16.5. The van der Waals surface area contributed by atoms with Crippen LogP contribution in [0.1, 0.15) is 70.2 Å². The number of carbonyl (C=O) groups is 1. The van der Waals surface area contributed by atoms with Gasteiger partial charge in [-0.1, -0.05) is 93.3 Å². The van der Waals surface area contributed by atoms with Gasteiger partial charge in [0, 0.05) is 42.6 Å². The number of ketones is 1. The van der Waals surface area contributed by atoms with Crippen molar-refractivity contribution in [1.29, 1.82) is 0 Å². The van der Waals surface area contributed by atoms with Crippen LogP contribution in [0.15, 0.2) is 81.4 Å². The van der Waals surface area contributed by atoms with Crippen molar-refractivity contribution < 1.29 is 35.5 Å². The number of thiazole rings is 1. The molecule has 0 unspecified atom stereocenters. The Hall–Kier alpha value is -3.13. The van der Waals surface area contributed by atoms with E-state index in [0.29, 0.717) is 0 Å². The van der Waals surface area contributed by atoms with Crippen molar-refractivity contribution in [2.45, 2.75) is 82.2 Å². The molecule has 2 aliphatic rings. The van der Waals surface area contributed by atoms with Crippen LogP contribution in [0.4, 0.5) is 18.9 Å². The van der Waals surface area contributed by atoms with Crippen LogP contribution in [0.3, 0.4) is 0 Å². The number of fused-ring (bicyclic) bond motifs is 2. The largest absolute Gasteiger partial charge is 0.741 e. The molecule has 3 aromatic rings. The fraction of sp³-hybridized carbons (Fsp3) is 0.412. The number of alkyl halides is 3. The second kappa shape index (κ2) is 16.3. The molecule has 1 aromatic heterocycles. The van der Waals surface area contributed by atoms with E-state index < -0.39 is 15.6 Å². The van der Waals surface area contributed by atoms with Crippen LogP contribution in [0.25, 0.3) is 16.3 Å². The van der Waals surface area contributed by atoms with E-state index in [9.17, 15) is 18.0 Å². The predicted octanol–water partition coefficient (Wildman–Crippen LogP) is 8.29. The van der Waals surface area contributed by atoms with E-state index >= 15 is 0 Å². The van der Waals surface area contributed by atoms with Gasteiger partial charge in [0.1, 0.15) is 4.70 Å². The molecule has 0 bridgehead atoms. The molecule has 47 heavy (non-hydrogen) atoms. The topological polar surface area (TPSA) is 93.4 Å². The van der Waals surface area contributed by atoms with E-state index in [1.807, 2.05) is 7.05 Å². The van der Waals surface area contributed by atoms with Crippen LogP contribution in [-0.2, 0) is 21.5 Å². The van der Waals surface area contributed by atoms with Crippen LogP contribution in [0.2, 0.25) is 0 Å². The number of aromatic nitrogens is 1. The highest BCUT2D eigenvalue weighted by atomic mass is 32.2. The van der Waals surface area contributed by atoms with E-state index in [1.54, 1.807) is 23.1 Å². The number of anilines is 1. The SMILES string of the molecule is CCCCCCN1C(=CC2=C(NC)C(=Cc3sc4ccccc4[n+]3CCCCCC)C2=O)Sc2ccccc21.O=S(=O)([O-])C(F)(F)F. The first kappa shape index (κ1) is 36.7. The third kappa shape index (κ3) is 8.87. The average Bonchev–Trinajstić information content (AvgIpc) is 3.57. The molecule has 0 atom stereocenters. The fourth-order valence-electron chi connectivity index (χ4n) is 5.42. The van der Waals surface area contributed by atoms with E-state index in [-0.39, 0.29) is 5.78 Å². The molecule has 1 N–H and O–H groups in total. The molecule has 0 amide bonds. The number of allylic oxidation sites excluding steroid dienone is 3. The lowest BCUT2D eigenvalue weighted by Gasteiger charge is -2.26. The number of carbonyl (C=O) groups excluding carboxylic acids is 1. The zero-order valence-corrected chi connectivity index (χ0v) is 29.2. The lowest BCUT2D eigenvalue weighted by atomic mass is 9.86. The van der Waals surface area contributed by atoms with Crippen molar-refractivity contribution in [2.75, 3.05) is 18.5 Å². The number of hydrogen-bond acceptors (Lipinski definition) is 8. The summed E-state index contributed by atoms with van der Waals surface area (Å²) in [5.74, 6) is 0.129. The maximum Gasteiger partial charge on any atom is 0.485 e. The Kier molecular flexibility index (Phi) is 12.7. The monoisotopic (exact) mass is 707 g/mol. The van der Waals surface area contributed by atoms with E-state index in [2.05, 4.69) is 89.3 Å². The molecule has 7 nitrogen and oxygen atoms in total. The number of hydrogen-bond donors (Lipinski definition) is 1. The molecule has 5 rings (SSSR count). The van der Waals surface area contributed by atoms with Crippen molar-refractivity contribution in [1.82, 2.24) is 5.32 Å². The lowest BCUT2D eigenvalue weighted by molar-refractivity contribution is -0.669. The summed E-state index contributed by atoms with van der Waals surface area (Å²) < 4.78 is 62.6. The predicted molar refractivity (Wildman–Crippen MR) is 183 cm³/mol. The zero-order valence-electron chi connectivity index (χ0n) is 26.7. The molecule has 1 aliphatic heterocycles. The van der Waals surface area contributed by atoms with Gasteiger partial charge < -0.3 is 14.8 Å². The molecule has 1 aliphatic carbocycles. The van der Waals surface area contributed by atoms with Crippen molar-refractivity contribution in [3.05, 3.63) is 81.5 Å². The van der Waals surface area contributed by atoms with E-state index in [1.165, 1.54) is 59.3 Å². The second-order valence-electron chi connectivity index (χ2n) is 11.2. The molecule has 13 heteroatoms. The highest BCUT2D eigenvalue weighted by Crippen LogP contribution is 2.47. The summed E-state index contributed by atoms with van der Waals surface area (Å²) in [6, 6.07) is 17.2. The third-order valence-electron chi connectivity index (χ3n) is 7.84. The first-order valence-electron chi connectivity index (χ1n) is 15.8. The van der Waals surface area contributed by atoms with Crippen LogP contribution in [0, 0.1) is 0 Å². The molecule has 2 aromatic carbocycles. The Balaban J connectivity index is 0.000000555. The zero-order chi connectivity index (χ0) is 34.2. The number of para-hydroxylation sites is 2. The van der Waals surface area contributed by atoms with Gasteiger partial charge in [-0.15, -0.1) is 0 Å². The second-order valence-corrected chi connectivity index (χ2v) is 14.7. The summed E-state index contributed by atoms with van der Waals surface area (Å²) in [5, 5.41) is 5.65. The first-order chi connectivity index (χ1) is 22.4. The number of likely N-dealkylation sites (N-methyl/N-ethyl adjacent to an activating group) is 1. The Labute approximate surface area is 283 Å². The molecule has 0 spiro atoms. The molecule has 0 fully saturated rings. The first-order valence-corrected chi connectivity index (χ1v) is 18.8. The number of Topliss-reactive ketones (excluding diaryl/α,β-unsaturated/α-hetero) is 1. The number of nitrogens with zero attached hydrogens (tertiary/aromatic N) is 2. The molecule has 0 saturated heterocycles. The summed E-state index contributed by atoms with van der Waals surface area (Å²) in [5.41, 5.74) is -0.610. The van der Waals surface area contributed by atoms with Crippen LogP contribution >= 0.6 is 23.1 Å². The minimum atomic E-state index is -6.09. The minimum Gasteiger partial charge on any atom is -0.741 e. The Bertz CT molecular complexity index is 1780. The molecule has 0 radical (unpaired) electrons. The van der Waals surface area contributed by atoms with Crippen LogP contribution in [0.5, 0.6) is 0 Å². The van der Waals surface area contributed by atoms with Crippen molar-refractivity contribution in [3.8, 4) is 0 Å². The number of halogens is 3. The number of rotatable bonds is 13. The number of benzene rings is 2. The van der Waals surface area contributed by atoms with Gasteiger partial charge in [-0.25, -0.2) is 8.42 Å². The Morgan fingerprint density at radius 2 is 1.57 bits per heavy atom. The summed E-state index contributed by atoms with van der Waals surface area (Å²) in [6.45, 7) is 6.46. The molecule has 254 valence electrons. The summed E-state index contributed by atoms with van der Waals surface area (Å²) in [7, 11) is -4.16. The van der Waals surface area contributed by atoms with Gasteiger partial charge in [0.05, 0.1) is 22.0 Å². The average molecular weight is 708 g/mol. The molecular formula is C34H40F3N3O4S3. The van der Waals surface area contributed by atoms with Crippen molar-refractivity contribution in [3.63, 3.8) is 0 Å². The maximum absolute atomic E-state index is 13.6. The number of aryl methyl sites for hydroxylation is 1. The van der Waals surface area contributed by atoms with Gasteiger partial charge in [-0.3, -0.25) is 4.79 Å². The van der Waals surface area contributed by atoms with E-state index in [4.69, 9.17) is 13.0 Å². The summed E-state index contributed by atoms with van der Waals surface area (Å²) >= 11 is 3.55. The fourth-order valence-corrected chi connectivity index (χ4v) is 7.68. The van der Waals surface area contributed by atoms with Crippen molar-refractivity contribution >= 4 is 61.0 Å². The summed E-state index contributed by atoms with van der Waals surface area (Å²) in [6.07, 6.45) is 14.0. The Morgan fingerprint density at radius 1 is 0.936 bits per heavy atom. The van der Waals surface area contributed by atoms with E-state index in [0.717, 1.165) is 52.8 Å². The maximum atomic E-state index is 13.6. The van der Waals surface area contributed by atoms with Gasteiger partial charge >= 0.3 is 5.51 Å². The van der Waals surface area contributed by atoms with Gasteiger partial charge in [0.15, 0.2) is 22.4 Å². The van der Waals surface area contributed by atoms with Gasteiger partial charge in [-0.05, 0) is 37.1 Å². The molecule has 0 saturated carbocycles. The number of nitrogens with one attached hydrogen (secondary N) is 1. The minimum absolute atomic E-state index is 0.129. The smallest absolute Gasteiger partial charge is 0.485 e. The van der Waals surface area contributed by atoms with Gasteiger partial charge in [0.25, 0.3) is 5.01 Å². The summed E-state index contributed by atoms with van der Waals surface area (Å²) in [4.78, 5) is 17.3. The third-order valence-corrected chi connectivity index (χ3v) is 10.6. The Morgan fingerprint density at radius 3 is 2.23 bits per heavy atom. The van der Waals surface area contributed by atoms with Gasteiger partial charge in [-0.2, -0.15) is 17.7 Å². The molecular weight excluding hydrogens is 668 g/mol.